The van der Waals surface area contributed by atoms with Gasteiger partial charge < -0.3 is 30.3 Å². The molecule has 0 aliphatic carbocycles. The third-order valence-corrected chi connectivity index (χ3v) is 10.3. The second-order valence-corrected chi connectivity index (χ2v) is 13.4. The Morgan fingerprint density at radius 1 is 1.17 bits per heavy atom. The number of hydrogen-bond donors (Lipinski definition) is 3. The number of amides is 1. The summed E-state index contributed by atoms with van der Waals surface area (Å²) in [4.78, 5) is 33.6. The largest absolute Gasteiger partial charge is 0.508 e. The minimum Gasteiger partial charge on any atom is -0.508 e. The van der Waals surface area contributed by atoms with E-state index in [2.05, 4.69) is 31.3 Å². The SMILES string of the molecule is C#Cc1c(F)ccc2cc(O)cc(-c3ncc4c5nc(nc4c3F)N3CCN(C)[C@H](CNC(=O)CCOC[C@]46CC[C@H](CN5C4)N6)C3)c12. The summed E-state index contributed by atoms with van der Waals surface area (Å²) in [5, 5.41) is 18.6. The molecular formula is C35H36F2N8O3. The number of rotatable bonds is 1. The Balaban J connectivity index is 1.32. The van der Waals surface area contributed by atoms with Gasteiger partial charge in [0.25, 0.3) is 0 Å². The third kappa shape index (κ3) is 5.24. The molecule has 3 atom stereocenters. The van der Waals surface area contributed by atoms with E-state index in [-0.39, 0.29) is 63.4 Å². The Morgan fingerprint density at radius 2 is 2.04 bits per heavy atom. The van der Waals surface area contributed by atoms with E-state index < -0.39 is 11.6 Å². The van der Waals surface area contributed by atoms with E-state index in [1.54, 1.807) is 6.20 Å². The van der Waals surface area contributed by atoms with E-state index in [1.807, 2.05) is 11.9 Å². The van der Waals surface area contributed by atoms with Crippen molar-refractivity contribution in [3.05, 3.63) is 47.7 Å². The van der Waals surface area contributed by atoms with Crippen molar-refractivity contribution in [2.24, 2.45) is 0 Å². The highest BCUT2D eigenvalue weighted by molar-refractivity contribution is 6.03. The second kappa shape index (κ2) is 11.8. The first kappa shape index (κ1) is 30.7. The summed E-state index contributed by atoms with van der Waals surface area (Å²) >= 11 is 0. The molecule has 1 amide bonds. The fourth-order valence-electron chi connectivity index (χ4n) is 7.76. The van der Waals surface area contributed by atoms with Crippen molar-refractivity contribution >= 4 is 39.3 Å². The Kier molecular flexibility index (Phi) is 7.54. The molecule has 1 spiro atoms. The van der Waals surface area contributed by atoms with Crippen LogP contribution in [-0.4, -0.2) is 108 Å². The Bertz CT molecular complexity index is 2000. The standard InChI is InChI=1S/C35H36F2N8O3/c1-3-24-27(36)5-4-20-12-23(46)13-25(29(20)24)31-30(37)32-26(15-39-31)33-41-34(40-32)44-10-9-43(2)22(17-44)14-38-28(47)7-11-48-19-35-8-6-21(42-35)16-45(33)18-35/h1,4-5,12-13,15,21-22,42,46H,6-11,14,16-19H2,2H3,(H,38,47)/t21-,22-,35+/m1/s1. The Labute approximate surface area is 276 Å². The van der Waals surface area contributed by atoms with Gasteiger partial charge in [0, 0.05) is 74.9 Å². The predicted molar refractivity (Wildman–Crippen MR) is 178 cm³/mol. The summed E-state index contributed by atoms with van der Waals surface area (Å²) in [7, 11) is 2.02. The van der Waals surface area contributed by atoms with E-state index in [1.165, 1.54) is 24.3 Å². The summed E-state index contributed by atoms with van der Waals surface area (Å²) in [5.74, 6) is 1.80. The summed E-state index contributed by atoms with van der Waals surface area (Å²) in [6, 6.07) is 5.69. The minimum absolute atomic E-state index is 0.0221. The van der Waals surface area contributed by atoms with Crippen LogP contribution in [0.5, 0.6) is 5.75 Å². The number of nitrogens with zero attached hydrogens (tertiary/aromatic N) is 6. The Hall–Kier alpha value is -4.64. The van der Waals surface area contributed by atoms with Gasteiger partial charge in [0.2, 0.25) is 11.9 Å². The number of phenolic OH excluding ortho intramolecular Hbond substituents is 1. The summed E-state index contributed by atoms with van der Waals surface area (Å²) in [6.45, 7) is 4.23. The molecule has 3 N–H and O–H groups in total. The maximum Gasteiger partial charge on any atom is 0.228 e. The van der Waals surface area contributed by atoms with Crippen molar-refractivity contribution in [1.82, 2.24) is 30.5 Å². The van der Waals surface area contributed by atoms with Gasteiger partial charge in [-0.05, 0) is 43.5 Å². The molecule has 7 bridgehead atoms. The van der Waals surface area contributed by atoms with E-state index in [4.69, 9.17) is 21.1 Å². The molecule has 2 aromatic carbocycles. The summed E-state index contributed by atoms with van der Waals surface area (Å²) in [6.07, 6.45) is 9.41. The van der Waals surface area contributed by atoms with Crippen LogP contribution in [0, 0.1) is 24.0 Å². The van der Waals surface area contributed by atoms with Crippen LogP contribution in [0.1, 0.15) is 24.8 Å². The third-order valence-electron chi connectivity index (χ3n) is 10.3. The van der Waals surface area contributed by atoms with Gasteiger partial charge in [-0.3, -0.25) is 14.7 Å². The molecule has 3 fully saturated rings. The van der Waals surface area contributed by atoms with Gasteiger partial charge in [0.1, 0.15) is 28.6 Å². The topological polar surface area (TPSA) is 119 Å². The lowest BCUT2D eigenvalue weighted by molar-refractivity contribution is -0.122. The van der Waals surface area contributed by atoms with Gasteiger partial charge in [-0.2, -0.15) is 4.98 Å². The number of carbonyl (C=O) groups is 1. The molecule has 11 nitrogen and oxygen atoms in total. The van der Waals surface area contributed by atoms with Gasteiger partial charge in [-0.25, -0.2) is 13.8 Å². The number of ether oxygens (including phenoxy) is 1. The van der Waals surface area contributed by atoms with Crippen LogP contribution in [0.3, 0.4) is 0 Å². The van der Waals surface area contributed by atoms with Crippen molar-refractivity contribution in [2.75, 3.05) is 69.3 Å². The van der Waals surface area contributed by atoms with Crippen LogP contribution in [0.2, 0.25) is 0 Å². The van der Waals surface area contributed by atoms with Crippen molar-refractivity contribution < 1.29 is 23.4 Å². The molecule has 0 unspecified atom stereocenters. The van der Waals surface area contributed by atoms with Crippen molar-refractivity contribution in [3.63, 3.8) is 0 Å². The fraction of sp³-hybridized carbons (Fsp3) is 0.429. The molecule has 4 aromatic rings. The number of aromatic hydroxyl groups is 1. The van der Waals surface area contributed by atoms with Gasteiger partial charge in [0.15, 0.2) is 5.82 Å². The van der Waals surface area contributed by atoms with Gasteiger partial charge in [-0.1, -0.05) is 12.0 Å². The molecular weight excluding hydrogens is 618 g/mol. The number of hydrogen-bond acceptors (Lipinski definition) is 10. The molecule has 0 saturated carbocycles. The molecule has 48 heavy (non-hydrogen) atoms. The number of fused-ring (bicyclic) bond motifs is 11. The quantitative estimate of drug-likeness (QED) is 0.265. The average molecular weight is 655 g/mol. The number of pyridine rings is 1. The number of aromatic nitrogens is 3. The van der Waals surface area contributed by atoms with Crippen molar-refractivity contribution in [2.45, 2.75) is 36.9 Å². The zero-order chi connectivity index (χ0) is 33.2. The average Bonchev–Trinajstić information content (AvgIpc) is 3.38. The lowest BCUT2D eigenvalue weighted by atomic mass is 9.95. The number of anilines is 2. The van der Waals surface area contributed by atoms with Crippen LogP contribution >= 0.6 is 0 Å². The van der Waals surface area contributed by atoms with E-state index in [0.717, 1.165) is 12.8 Å². The highest BCUT2D eigenvalue weighted by atomic mass is 19.1. The number of benzene rings is 2. The number of likely N-dealkylation sites (N-methyl/N-ethyl adjacent to an activating group) is 1. The monoisotopic (exact) mass is 654 g/mol. The molecule has 3 saturated heterocycles. The highest BCUT2D eigenvalue weighted by Gasteiger charge is 2.46. The first-order valence-electron chi connectivity index (χ1n) is 16.3. The zero-order valence-corrected chi connectivity index (χ0v) is 26.6. The number of terminal acetylenes is 1. The maximum absolute atomic E-state index is 17.1. The zero-order valence-electron chi connectivity index (χ0n) is 26.6. The van der Waals surface area contributed by atoms with Gasteiger partial charge in [0.05, 0.1) is 29.7 Å². The summed E-state index contributed by atoms with van der Waals surface area (Å²) in [5.41, 5.74) is -0.265. The number of carbonyl (C=O) groups excluding carboxylic acids is 1. The number of nitrogens with one attached hydrogen (secondary N) is 2. The van der Waals surface area contributed by atoms with Crippen LogP contribution < -0.4 is 20.4 Å². The number of phenols is 1. The van der Waals surface area contributed by atoms with E-state index >= 15 is 4.39 Å². The van der Waals surface area contributed by atoms with Gasteiger partial charge >= 0.3 is 0 Å². The molecule has 13 heteroatoms. The minimum atomic E-state index is -0.722. The van der Waals surface area contributed by atoms with Crippen LogP contribution in [0.15, 0.2) is 30.5 Å². The lowest BCUT2D eigenvalue weighted by Gasteiger charge is -2.43. The maximum atomic E-state index is 17.1. The first-order chi connectivity index (χ1) is 23.2. The smallest absolute Gasteiger partial charge is 0.228 e. The van der Waals surface area contributed by atoms with Gasteiger partial charge in [-0.15, -0.1) is 6.42 Å². The van der Waals surface area contributed by atoms with Crippen molar-refractivity contribution in [1.29, 1.82) is 0 Å². The normalized spacial score (nSPS) is 24.9. The van der Waals surface area contributed by atoms with E-state index in [9.17, 15) is 14.3 Å². The molecule has 0 radical (unpaired) electrons. The fourth-order valence-corrected chi connectivity index (χ4v) is 7.76. The molecule has 8 rings (SSSR count). The molecule has 4 aliphatic heterocycles. The molecule has 4 aliphatic rings. The molecule has 248 valence electrons. The van der Waals surface area contributed by atoms with Crippen LogP contribution in [0.25, 0.3) is 32.9 Å². The Morgan fingerprint density at radius 3 is 2.90 bits per heavy atom. The molecule has 2 aromatic heterocycles. The van der Waals surface area contributed by atoms with Crippen LogP contribution in [0.4, 0.5) is 20.5 Å². The van der Waals surface area contributed by atoms with Crippen LogP contribution in [-0.2, 0) is 9.53 Å². The number of piperazine rings is 2. The lowest BCUT2D eigenvalue weighted by Crippen LogP contribution is -2.62. The first-order valence-corrected chi connectivity index (χ1v) is 16.3. The van der Waals surface area contributed by atoms with Crippen molar-refractivity contribution in [3.8, 4) is 29.4 Å². The van der Waals surface area contributed by atoms with E-state index in [0.29, 0.717) is 75.0 Å². The second-order valence-electron chi connectivity index (χ2n) is 13.4. The predicted octanol–water partition coefficient (Wildman–Crippen LogP) is 2.78. The molecule has 6 heterocycles. The summed E-state index contributed by atoms with van der Waals surface area (Å²) < 4.78 is 38.0. The highest BCUT2D eigenvalue weighted by Crippen LogP contribution is 2.40. The number of halogens is 2.